The van der Waals surface area contributed by atoms with Gasteiger partial charge in [-0.05, 0) is 19.1 Å². The lowest BCUT2D eigenvalue weighted by Gasteiger charge is -2.09. The van der Waals surface area contributed by atoms with Crippen LogP contribution in [0.3, 0.4) is 0 Å². The molecule has 0 radical (unpaired) electrons. The van der Waals surface area contributed by atoms with Crippen LogP contribution >= 0.6 is 0 Å². The van der Waals surface area contributed by atoms with Gasteiger partial charge in [0.1, 0.15) is 11.3 Å². The average Bonchev–Trinajstić information content (AvgIpc) is 2.68. The van der Waals surface area contributed by atoms with E-state index >= 15 is 0 Å². The van der Waals surface area contributed by atoms with Crippen LogP contribution < -0.4 is 11.1 Å². The predicted molar refractivity (Wildman–Crippen MR) is 66.3 cm³/mol. The lowest BCUT2D eigenvalue weighted by molar-refractivity contribution is -0.118. The summed E-state index contributed by atoms with van der Waals surface area (Å²) < 4.78 is 5.64. The Morgan fingerprint density at radius 2 is 2.24 bits per heavy atom. The standard InChI is InChI=1S/C13H16N2O2/c1-9(6-13(14)16)15-8-11-7-10-4-2-3-5-12(10)17-11/h2-5,7,9,15H,6,8H2,1H3,(H2,14,16). The Labute approximate surface area is 99.8 Å². The smallest absolute Gasteiger partial charge is 0.218 e. The van der Waals surface area contributed by atoms with Gasteiger partial charge in [-0.1, -0.05) is 18.2 Å². The van der Waals surface area contributed by atoms with Gasteiger partial charge in [-0.3, -0.25) is 4.79 Å². The van der Waals surface area contributed by atoms with Crippen molar-refractivity contribution in [2.45, 2.75) is 25.9 Å². The van der Waals surface area contributed by atoms with Gasteiger partial charge in [0.2, 0.25) is 5.91 Å². The lowest BCUT2D eigenvalue weighted by atomic mass is 10.2. The minimum Gasteiger partial charge on any atom is -0.460 e. The summed E-state index contributed by atoms with van der Waals surface area (Å²) in [7, 11) is 0. The molecule has 4 nitrogen and oxygen atoms in total. The number of fused-ring (bicyclic) bond motifs is 1. The Balaban J connectivity index is 1.97. The predicted octanol–water partition coefficient (Wildman–Crippen LogP) is 1.79. The first-order valence-electron chi connectivity index (χ1n) is 5.64. The molecule has 0 spiro atoms. The molecule has 1 amide bonds. The fourth-order valence-electron chi connectivity index (χ4n) is 1.77. The van der Waals surface area contributed by atoms with E-state index in [9.17, 15) is 4.79 Å². The maximum Gasteiger partial charge on any atom is 0.218 e. The normalized spacial score (nSPS) is 12.8. The highest BCUT2D eigenvalue weighted by Crippen LogP contribution is 2.18. The number of benzene rings is 1. The molecular formula is C13H16N2O2. The van der Waals surface area contributed by atoms with E-state index in [1.165, 1.54) is 0 Å². The number of para-hydroxylation sites is 1. The molecule has 1 aromatic carbocycles. The molecule has 17 heavy (non-hydrogen) atoms. The van der Waals surface area contributed by atoms with Crippen LogP contribution in [0.25, 0.3) is 11.0 Å². The van der Waals surface area contributed by atoms with Gasteiger partial charge in [0.15, 0.2) is 0 Å². The minimum atomic E-state index is -0.297. The number of nitrogens with two attached hydrogens (primary N) is 1. The number of carbonyl (C=O) groups excluding carboxylic acids is 1. The van der Waals surface area contributed by atoms with Gasteiger partial charge < -0.3 is 15.5 Å². The van der Waals surface area contributed by atoms with E-state index < -0.39 is 0 Å². The van der Waals surface area contributed by atoms with Crippen LogP contribution in [-0.4, -0.2) is 11.9 Å². The number of primary amides is 1. The van der Waals surface area contributed by atoms with Gasteiger partial charge in [0.25, 0.3) is 0 Å². The van der Waals surface area contributed by atoms with Crippen molar-refractivity contribution in [3.63, 3.8) is 0 Å². The van der Waals surface area contributed by atoms with Crippen LogP contribution in [0.1, 0.15) is 19.1 Å². The third kappa shape index (κ3) is 3.07. The third-order valence-corrected chi connectivity index (χ3v) is 2.61. The van der Waals surface area contributed by atoms with Crippen LogP contribution in [-0.2, 0) is 11.3 Å². The van der Waals surface area contributed by atoms with Crippen molar-refractivity contribution in [1.82, 2.24) is 5.32 Å². The maximum absolute atomic E-state index is 10.7. The summed E-state index contributed by atoms with van der Waals surface area (Å²) in [6, 6.07) is 9.92. The van der Waals surface area contributed by atoms with Crippen molar-refractivity contribution in [2.75, 3.05) is 0 Å². The monoisotopic (exact) mass is 232 g/mol. The minimum absolute atomic E-state index is 0.0562. The molecule has 0 saturated heterocycles. The fourth-order valence-corrected chi connectivity index (χ4v) is 1.77. The van der Waals surface area contributed by atoms with Crippen molar-refractivity contribution in [3.05, 3.63) is 36.1 Å². The molecule has 1 aromatic heterocycles. The van der Waals surface area contributed by atoms with Crippen molar-refractivity contribution in [1.29, 1.82) is 0 Å². The SMILES string of the molecule is CC(CC(N)=O)NCc1cc2ccccc2o1. The van der Waals surface area contributed by atoms with Gasteiger partial charge in [0, 0.05) is 17.8 Å². The van der Waals surface area contributed by atoms with Crippen molar-refractivity contribution in [2.24, 2.45) is 5.73 Å². The molecule has 1 heterocycles. The van der Waals surface area contributed by atoms with Gasteiger partial charge in [-0.2, -0.15) is 0 Å². The zero-order valence-electron chi connectivity index (χ0n) is 9.77. The third-order valence-electron chi connectivity index (χ3n) is 2.61. The van der Waals surface area contributed by atoms with Crippen molar-refractivity contribution < 1.29 is 9.21 Å². The number of furan rings is 1. The molecule has 0 saturated carbocycles. The van der Waals surface area contributed by atoms with E-state index in [-0.39, 0.29) is 11.9 Å². The molecule has 3 N–H and O–H groups in total. The van der Waals surface area contributed by atoms with E-state index in [0.29, 0.717) is 13.0 Å². The Morgan fingerprint density at radius 3 is 2.94 bits per heavy atom. The number of rotatable bonds is 5. The number of hydrogen-bond donors (Lipinski definition) is 2. The van der Waals surface area contributed by atoms with Gasteiger partial charge in [-0.25, -0.2) is 0 Å². The van der Waals surface area contributed by atoms with Crippen LogP contribution in [0.5, 0.6) is 0 Å². The first kappa shape index (κ1) is 11.7. The summed E-state index contributed by atoms with van der Waals surface area (Å²) in [5.41, 5.74) is 6.00. The Morgan fingerprint density at radius 1 is 1.47 bits per heavy atom. The number of hydrogen-bond acceptors (Lipinski definition) is 3. The Bertz CT molecular complexity index is 486. The molecule has 90 valence electrons. The second-order valence-corrected chi connectivity index (χ2v) is 4.20. The van der Waals surface area contributed by atoms with Crippen molar-refractivity contribution in [3.8, 4) is 0 Å². The van der Waals surface area contributed by atoms with Crippen LogP contribution in [0.2, 0.25) is 0 Å². The first-order chi connectivity index (χ1) is 8.15. The number of carbonyl (C=O) groups is 1. The molecule has 2 aromatic rings. The molecule has 0 aliphatic rings. The van der Waals surface area contributed by atoms with E-state index in [0.717, 1.165) is 16.7 Å². The van der Waals surface area contributed by atoms with Gasteiger partial charge >= 0.3 is 0 Å². The summed E-state index contributed by atoms with van der Waals surface area (Å²) in [5, 5.41) is 4.29. The summed E-state index contributed by atoms with van der Waals surface area (Å²) in [6.45, 7) is 2.52. The average molecular weight is 232 g/mol. The maximum atomic E-state index is 10.7. The summed E-state index contributed by atoms with van der Waals surface area (Å²) in [6.07, 6.45) is 0.334. The van der Waals surface area contributed by atoms with Gasteiger partial charge in [0.05, 0.1) is 6.54 Å². The highest BCUT2D eigenvalue weighted by Gasteiger charge is 2.07. The van der Waals surface area contributed by atoms with Gasteiger partial charge in [-0.15, -0.1) is 0 Å². The molecule has 4 heteroatoms. The number of nitrogens with one attached hydrogen (secondary N) is 1. The largest absolute Gasteiger partial charge is 0.460 e. The molecule has 0 fully saturated rings. The molecule has 1 atom stereocenters. The Kier molecular flexibility index (Phi) is 3.44. The van der Waals surface area contributed by atoms with E-state index in [2.05, 4.69) is 5.32 Å². The molecule has 2 rings (SSSR count). The lowest BCUT2D eigenvalue weighted by Crippen LogP contribution is -2.30. The molecule has 0 aliphatic carbocycles. The van der Waals surface area contributed by atoms with Crippen LogP contribution in [0.15, 0.2) is 34.7 Å². The molecule has 0 aliphatic heterocycles. The molecule has 1 unspecified atom stereocenters. The van der Waals surface area contributed by atoms with Crippen molar-refractivity contribution >= 4 is 16.9 Å². The zero-order valence-corrected chi connectivity index (χ0v) is 9.77. The Hall–Kier alpha value is -1.81. The summed E-state index contributed by atoms with van der Waals surface area (Å²) >= 11 is 0. The van der Waals surface area contributed by atoms with Crippen LogP contribution in [0, 0.1) is 0 Å². The fraction of sp³-hybridized carbons (Fsp3) is 0.308. The van der Waals surface area contributed by atoms with E-state index in [4.69, 9.17) is 10.2 Å². The number of amides is 1. The first-order valence-corrected chi connectivity index (χ1v) is 5.64. The molecular weight excluding hydrogens is 216 g/mol. The van der Waals surface area contributed by atoms with Crippen LogP contribution in [0.4, 0.5) is 0 Å². The van der Waals surface area contributed by atoms with E-state index in [1.54, 1.807) is 0 Å². The molecule has 0 bridgehead atoms. The van der Waals surface area contributed by atoms with E-state index in [1.807, 2.05) is 37.3 Å². The quantitative estimate of drug-likeness (QED) is 0.825. The zero-order chi connectivity index (χ0) is 12.3. The topological polar surface area (TPSA) is 68.3 Å². The second-order valence-electron chi connectivity index (χ2n) is 4.20. The summed E-state index contributed by atoms with van der Waals surface area (Å²) in [5.74, 6) is 0.567. The summed E-state index contributed by atoms with van der Waals surface area (Å²) in [4.78, 5) is 10.7. The highest BCUT2D eigenvalue weighted by atomic mass is 16.3. The second kappa shape index (κ2) is 5.01. The highest BCUT2D eigenvalue weighted by molar-refractivity contribution is 5.77.